The first-order valence-corrected chi connectivity index (χ1v) is 7.31. The van der Waals surface area contributed by atoms with Gasteiger partial charge in [0.05, 0.1) is 5.92 Å². The lowest BCUT2D eigenvalue weighted by molar-refractivity contribution is -0.143. The number of aliphatic carboxylic acids is 1. The average molecular weight is 300 g/mol. The topological polar surface area (TPSA) is 49.3 Å². The second-order valence-electron chi connectivity index (χ2n) is 5.42. The number of halogens is 2. The summed E-state index contributed by atoms with van der Waals surface area (Å²) in [6.45, 7) is 1.27. The monoisotopic (exact) mass is 299 g/mol. The molecule has 0 radical (unpaired) electrons. The Morgan fingerprint density at radius 2 is 2.05 bits per heavy atom. The molecule has 5 heteroatoms. The van der Waals surface area contributed by atoms with Gasteiger partial charge in [-0.25, -0.2) is 4.39 Å². The summed E-state index contributed by atoms with van der Waals surface area (Å²) >= 11 is 5.70. The molecular formula is C15H19ClFNO2. The lowest BCUT2D eigenvalue weighted by Gasteiger charge is -2.26. The van der Waals surface area contributed by atoms with Crippen LogP contribution in [-0.4, -0.2) is 17.6 Å². The number of carbonyl (C=O) groups is 1. The standard InChI is InChI=1S/C15H19ClFNO2/c16-13-6-5-12(14(17)7-13)9-18-8-10-1-3-11(4-2-10)15(19)20/h5-7,10-11,18H,1-4,8-9H2,(H,19,20). The Morgan fingerprint density at radius 3 is 2.65 bits per heavy atom. The van der Waals surface area contributed by atoms with E-state index in [9.17, 15) is 9.18 Å². The summed E-state index contributed by atoms with van der Waals surface area (Å²) in [4.78, 5) is 10.9. The van der Waals surface area contributed by atoms with Crippen molar-refractivity contribution in [1.82, 2.24) is 5.32 Å². The molecule has 0 aromatic heterocycles. The second-order valence-corrected chi connectivity index (χ2v) is 5.86. The van der Waals surface area contributed by atoms with Crippen molar-refractivity contribution in [2.24, 2.45) is 11.8 Å². The summed E-state index contributed by atoms with van der Waals surface area (Å²) in [6.07, 6.45) is 3.34. The van der Waals surface area contributed by atoms with Crippen LogP contribution in [0.2, 0.25) is 5.02 Å². The van der Waals surface area contributed by atoms with Crippen LogP contribution in [0.15, 0.2) is 18.2 Å². The van der Waals surface area contributed by atoms with Crippen LogP contribution in [0, 0.1) is 17.7 Å². The van der Waals surface area contributed by atoms with E-state index in [0.717, 1.165) is 32.2 Å². The molecule has 1 aliphatic rings. The van der Waals surface area contributed by atoms with Crippen LogP contribution < -0.4 is 5.32 Å². The third kappa shape index (κ3) is 4.18. The molecule has 20 heavy (non-hydrogen) atoms. The predicted molar refractivity (Wildman–Crippen MR) is 76.2 cm³/mol. The molecule has 1 aromatic rings. The quantitative estimate of drug-likeness (QED) is 0.875. The SMILES string of the molecule is O=C(O)C1CCC(CNCc2ccc(Cl)cc2F)CC1. The molecule has 1 fully saturated rings. The van der Waals surface area contributed by atoms with Gasteiger partial charge in [0.15, 0.2) is 0 Å². The highest BCUT2D eigenvalue weighted by Crippen LogP contribution is 2.28. The molecule has 2 N–H and O–H groups in total. The molecule has 1 aromatic carbocycles. The van der Waals surface area contributed by atoms with E-state index in [1.807, 2.05) is 0 Å². The Balaban J connectivity index is 1.73. The van der Waals surface area contributed by atoms with Gasteiger partial charge in [0.1, 0.15) is 5.82 Å². The zero-order valence-corrected chi connectivity index (χ0v) is 12.0. The van der Waals surface area contributed by atoms with Crippen LogP contribution in [0.1, 0.15) is 31.2 Å². The number of carboxylic acid groups (broad SMARTS) is 1. The smallest absolute Gasteiger partial charge is 0.306 e. The summed E-state index contributed by atoms with van der Waals surface area (Å²) in [6, 6.07) is 4.68. The molecule has 2 rings (SSSR count). The first kappa shape index (κ1) is 15.3. The van der Waals surface area contributed by atoms with Gasteiger partial charge in [-0.15, -0.1) is 0 Å². The minimum Gasteiger partial charge on any atom is -0.481 e. The highest BCUT2D eigenvalue weighted by molar-refractivity contribution is 6.30. The molecule has 0 saturated heterocycles. The zero-order valence-electron chi connectivity index (χ0n) is 11.2. The molecule has 0 heterocycles. The van der Waals surface area contributed by atoms with Crippen molar-refractivity contribution in [3.63, 3.8) is 0 Å². The average Bonchev–Trinajstić information content (AvgIpc) is 2.42. The Labute approximate surface area is 123 Å². The number of hydrogen-bond donors (Lipinski definition) is 2. The van der Waals surface area contributed by atoms with Crippen molar-refractivity contribution < 1.29 is 14.3 Å². The number of rotatable bonds is 5. The first-order valence-electron chi connectivity index (χ1n) is 6.93. The molecule has 0 unspecified atom stereocenters. The maximum Gasteiger partial charge on any atom is 0.306 e. The third-order valence-corrected chi connectivity index (χ3v) is 4.19. The Morgan fingerprint density at radius 1 is 1.35 bits per heavy atom. The summed E-state index contributed by atoms with van der Waals surface area (Å²) in [5, 5.41) is 12.6. The van der Waals surface area contributed by atoms with E-state index in [1.54, 1.807) is 12.1 Å². The Bertz CT molecular complexity index is 473. The number of benzene rings is 1. The van der Waals surface area contributed by atoms with Crippen LogP contribution in [0.25, 0.3) is 0 Å². The molecule has 0 aliphatic heterocycles. The maximum absolute atomic E-state index is 13.6. The maximum atomic E-state index is 13.6. The molecule has 1 aliphatic carbocycles. The molecule has 1 saturated carbocycles. The van der Waals surface area contributed by atoms with Crippen molar-refractivity contribution in [2.75, 3.05) is 6.54 Å². The van der Waals surface area contributed by atoms with E-state index < -0.39 is 5.97 Å². The van der Waals surface area contributed by atoms with Crippen molar-refractivity contribution in [1.29, 1.82) is 0 Å². The number of hydrogen-bond acceptors (Lipinski definition) is 2. The van der Waals surface area contributed by atoms with E-state index in [1.165, 1.54) is 6.07 Å². The minimum atomic E-state index is -0.681. The Hall–Kier alpha value is -1.13. The van der Waals surface area contributed by atoms with Gasteiger partial charge in [-0.05, 0) is 50.3 Å². The second kappa shape index (κ2) is 7.04. The fourth-order valence-corrected chi connectivity index (χ4v) is 2.85. The van der Waals surface area contributed by atoms with Gasteiger partial charge >= 0.3 is 5.97 Å². The lowest BCUT2D eigenvalue weighted by Crippen LogP contribution is -2.28. The van der Waals surface area contributed by atoms with E-state index in [4.69, 9.17) is 16.7 Å². The van der Waals surface area contributed by atoms with Crippen LogP contribution >= 0.6 is 11.6 Å². The van der Waals surface area contributed by atoms with Crippen molar-refractivity contribution >= 4 is 17.6 Å². The summed E-state index contributed by atoms with van der Waals surface area (Å²) in [7, 11) is 0. The van der Waals surface area contributed by atoms with E-state index in [0.29, 0.717) is 23.0 Å². The molecule has 0 spiro atoms. The molecule has 0 amide bonds. The van der Waals surface area contributed by atoms with Gasteiger partial charge in [0.2, 0.25) is 0 Å². The highest BCUT2D eigenvalue weighted by Gasteiger charge is 2.25. The van der Waals surface area contributed by atoms with Crippen LogP contribution in [0.3, 0.4) is 0 Å². The van der Waals surface area contributed by atoms with Gasteiger partial charge in [-0.1, -0.05) is 17.7 Å². The largest absolute Gasteiger partial charge is 0.481 e. The summed E-state index contributed by atoms with van der Waals surface area (Å²) in [5.41, 5.74) is 0.605. The minimum absolute atomic E-state index is 0.181. The fraction of sp³-hybridized carbons (Fsp3) is 0.533. The molecule has 3 nitrogen and oxygen atoms in total. The molecule has 0 bridgehead atoms. The predicted octanol–water partition coefficient (Wildman–Crippen LogP) is 3.46. The summed E-state index contributed by atoms with van der Waals surface area (Å²) < 4.78 is 13.6. The van der Waals surface area contributed by atoms with Gasteiger partial charge in [-0.2, -0.15) is 0 Å². The van der Waals surface area contributed by atoms with Gasteiger partial charge in [0, 0.05) is 17.1 Å². The third-order valence-electron chi connectivity index (χ3n) is 3.96. The van der Waals surface area contributed by atoms with Crippen LogP contribution in [-0.2, 0) is 11.3 Å². The lowest BCUT2D eigenvalue weighted by atomic mass is 9.82. The van der Waals surface area contributed by atoms with Crippen LogP contribution in [0.5, 0.6) is 0 Å². The molecule has 0 atom stereocenters. The number of nitrogens with one attached hydrogen (secondary N) is 1. The van der Waals surface area contributed by atoms with E-state index in [2.05, 4.69) is 5.32 Å². The summed E-state index contributed by atoms with van der Waals surface area (Å²) in [5.74, 6) is -0.667. The van der Waals surface area contributed by atoms with E-state index in [-0.39, 0.29) is 11.7 Å². The van der Waals surface area contributed by atoms with Crippen molar-refractivity contribution in [2.45, 2.75) is 32.2 Å². The van der Waals surface area contributed by atoms with Gasteiger partial charge in [0.25, 0.3) is 0 Å². The van der Waals surface area contributed by atoms with Crippen molar-refractivity contribution in [3.8, 4) is 0 Å². The van der Waals surface area contributed by atoms with Crippen molar-refractivity contribution in [3.05, 3.63) is 34.6 Å². The molecular weight excluding hydrogens is 281 g/mol. The normalized spacial score (nSPS) is 22.7. The van der Waals surface area contributed by atoms with Gasteiger partial charge in [-0.3, -0.25) is 4.79 Å². The fourth-order valence-electron chi connectivity index (χ4n) is 2.69. The van der Waals surface area contributed by atoms with Gasteiger partial charge < -0.3 is 10.4 Å². The first-order chi connectivity index (χ1) is 9.56. The van der Waals surface area contributed by atoms with E-state index >= 15 is 0 Å². The zero-order chi connectivity index (χ0) is 14.5. The van der Waals surface area contributed by atoms with Crippen LogP contribution in [0.4, 0.5) is 4.39 Å². The highest BCUT2D eigenvalue weighted by atomic mass is 35.5. The Kier molecular flexibility index (Phi) is 5.38. The molecule has 110 valence electrons. The number of carboxylic acids is 1.